The van der Waals surface area contributed by atoms with Gasteiger partial charge in [0.25, 0.3) is 0 Å². The number of hydrogen-bond acceptors (Lipinski definition) is 6. The Morgan fingerprint density at radius 1 is 1.21 bits per heavy atom. The third-order valence-corrected chi connectivity index (χ3v) is 6.11. The lowest BCUT2D eigenvalue weighted by Gasteiger charge is -2.20. The van der Waals surface area contributed by atoms with Gasteiger partial charge < -0.3 is 19.9 Å². The Bertz CT molecular complexity index is 1040. The molecule has 0 aliphatic carbocycles. The molecule has 3 aromatic rings. The highest BCUT2D eigenvalue weighted by Gasteiger charge is 2.30. The lowest BCUT2D eigenvalue weighted by Crippen LogP contribution is -2.12. The van der Waals surface area contributed by atoms with Gasteiger partial charge >= 0.3 is 0 Å². The average Bonchev–Trinajstić information content (AvgIpc) is 3.04. The number of carbonyl (C=O) groups is 1. The number of ether oxygens (including phenoxy) is 2. The maximum absolute atomic E-state index is 12.2. The number of phenolic OH excluding ortho intramolecular Hbond substituents is 1. The number of benzene rings is 2. The summed E-state index contributed by atoms with van der Waals surface area (Å²) in [6.07, 6.45) is 1.67. The van der Waals surface area contributed by atoms with Gasteiger partial charge in [-0.1, -0.05) is 11.6 Å². The molecule has 2 heterocycles. The van der Waals surface area contributed by atoms with Gasteiger partial charge in [0.2, 0.25) is 11.7 Å². The number of imidazole rings is 1. The van der Waals surface area contributed by atoms with Crippen LogP contribution in [0.15, 0.2) is 42.7 Å². The molecule has 4 rings (SSSR count). The summed E-state index contributed by atoms with van der Waals surface area (Å²) in [5.74, 6) is 1.14. The first-order chi connectivity index (χ1) is 14.0. The minimum Gasteiger partial charge on any atom is -0.502 e. The van der Waals surface area contributed by atoms with E-state index in [0.717, 1.165) is 16.9 Å². The second-order valence-electron chi connectivity index (χ2n) is 6.34. The Kier molecular flexibility index (Phi) is 5.29. The highest BCUT2D eigenvalue weighted by atomic mass is 35.5. The molecule has 1 aromatic heterocycles. The number of phenols is 1. The number of thioether (sulfide) groups is 1. The molecule has 0 spiro atoms. The van der Waals surface area contributed by atoms with E-state index in [0.29, 0.717) is 22.3 Å². The minimum atomic E-state index is -0.259. The van der Waals surface area contributed by atoms with Crippen LogP contribution in [0.2, 0.25) is 5.02 Å². The van der Waals surface area contributed by atoms with E-state index in [2.05, 4.69) is 10.3 Å². The first kappa shape index (κ1) is 19.5. The fourth-order valence-corrected chi connectivity index (χ4v) is 4.47. The molecule has 0 bridgehead atoms. The second-order valence-corrected chi connectivity index (χ2v) is 7.87. The molecule has 0 saturated carbocycles. The Morgan fingerprint density at radius 3 is 2.48 bits per heavy atom. The summed E-state index contributed by atoms with van der Waals surface area (Å²) in [4.78, 5) is 16.6. The molecule has 2 aromatic carbocycles. The largest absolute Gasteiger partial charge is 0.502 e. The molecule has 1 amide bonds. The standard InChI is InChI=1S/C20H18ClN3O4S/c1-27-14-7-11(8-15(28-2)18(14)26)19-17-20(23-16(25)9-29-19)22-10-24(17)13-5-3-12(21)4-6-13/h3-8,10,19,26H,9H2,1-2H3,(H,23,25). The molecule has 1 atom stereocenters. The molecule has 0 saturated heterocycles. The van der Waals surface area contributed by atoms with Crippen molar-refractivity contribution in [3.05, 3.63) is 59.0 Å². The van der Waals surface area contributed by atoms with E-state index in [9.17, 15) is 9.90 Å². The lowest BCUT2D eigenvalue weighted by atomic mass is 10.1. The fraction of sp³-hybridized carbons (Fsp3) is 0.200. The Morgan fingerprint density at radius 2 is 1.86 bits per heavy atom. The van der Waals surface area contributed by atoms with Crippen LogP contribution in [0, 0.1) is 0 Å². The number of nitrogens with one attached hydrogen (secondary N) is 1. The third-order valence-electron chi connectivity index (χ3n) is 4.60. The van der Waals surface area contributed by atoms with Gasteiger partial charge in [-0.15, -0.1) is 11.8 Å². The number of amides is 1. The molecule has 1 aliphatic heterocycles. The summed E-state index contributed by atoms with van der Waals surface area (Å²) in [7, 11) is 2.96. The van der Waals surface area contributed by atoms with Crippen molar-refractivity contribution in [2.45, 2.75) is 5.25 Å². The van der Waals surface area contributed by atoms with E-state index in [1.54, 1.807) is 30.6 Å². The first-order valence-corrected chi connectivity index (χ1v) is 10.1. The van der Waals surface area contributed by atoms with Crippen molar-refractivity contribution in [2.75, 3.05) is 25.3 Å². The number of rotatable bonds is 4. The van der Waals surface area contributed by atoms with E-state index < -0.39 is 0 Å². The molecular weight excluding hydrogens is 414 g/mol. The SMILES string of the molecule is COc1cc(C2SCC(=O)Nc3ncn(-c4ccc(Cl)cc4)c32)cc(OC)c1O. The molecular formula is C20H18ClN3O4S. The van der Waals surface area contributed by atoms with E-state index in [4.69, 9.17) is 21.1 Å². The maximum atomic E-state index is 12.2. The molecule has 150 valence electrons. The number of halogens is 1. The lowest BCUT2D eigenvalue weighted by molar-refractivity contribution is -0.113. The van der Waals surface area contributed by atoms with Gasteiger partial charge in [0.05, 0.1) is 30.9 Å². The van der Waals surface area contributed by atoms with Gasteiger partial charge in [0.1, 0.15) is 6.33 Å². The van der Waals surface area contributed by atoms with E-state index in [1.807, 2.05) is 16.7 Å². The van der Waals surface area contributed by atoms with E-state index in [-0.39, 0.29) is 22.7 Å². The molecule has 1 unspecified atom stereocenters. The molecule has 9 heteroatoms. The van der Waals surface area contributed by atoms with Crippen molar-refractivity contribution in [1.82, 2.24) is 9.55 Å². The van der Waals surface area contributed by atoms with Crippen LogP contribution in [0.25, 0.3) is 5.69 Å². The van der Waals surface area contributed by atoms with Crippen LogP contribution in [0.1, 0.15) is 16.5 Å². The number of methoxy groups -OCH3 is 2. The topological polar surface area (TPSA) is 85.6 Å². The first-order valence-electron chi connectivity index (χ1n) is 8.71. The van der Waals surface area contributed by atoms with Crippen molar-refractivity contribution < 1.29 is 19.4 Å². The average molecular weight is 432 g/mol. The van der Waals surface area contributed by atoms with Crippen LogP contribution < -0.4 is 14.8 Å². The van der Waals surface area contributed by atoms with Gasteiger partial charge in [0, 0.05) is 10.7 Å². The van der Waals surface area contributed by atoms with Crippen molar-refractivity contribution >= 4 is 35.1 Å². The monoisotopic (exact) mass is 431 g/mol. The number of aromatic nitrogens is 2. The van der Waals surface area contributed by atoms with E-state index in [1.165, 1.54) is 26.0 Å². The number of anilines is 1. The summed E-state index contributed by atoms with van der Waals surface area (Å²) in [6.45, 7) is 0. The van der Waals surface area contributed by atoms with Crippen molar-refractivity contribution in [1.29, 1.82) is 0 Å². The highest BCUT2D eigenvalue weighted by molar-refractivity contribution is 8.00. The Balaban J connectivity index is 1.90. The maximum Gasteiger partial charge on any atom is 0.235 e. The van der Waals surface area contributed by atoms with Crippen LogP contribution >= 0.6 is 23.4 Å². The number of hydrogen-bond donors (Lipinski definition) is 2. The van der Waals surface area contributed by atoms with Crippen molar-refractivity contribution in [3.8, 4) is 22.9 Å². The molecule has 29 heavy (non-hydrogen) atoms. The number of aromatic hydroxyl groups is 1. The molecule has 0 radical (unpaired) electrons. The van der Waals surface area contributed by atoms with Crippen molar-refractivity contribution in [2.24, 2.45) is 0 Å². The number of carbonyl (C=O) groups excluding carboxylic acids is 1. The van der Waals surface area contributed by atoms with Gasteiger partial charge in [-0.2, -0.15) is 0 Å². The zero-order chi connectivity index (χ0) is 20.5. The molecule has 1 aliphatic rings. The van der Waals surface area contributed by atoms with Crippen LogP contribution in [0.4, 0.5) is 5.82 Å². The predicted molar refractivity (Wildman–Crippen MR) is 113 cm³/mol. The van der Waals surface area contributed by atoms with Gasteiger partial charge in [-0.05, 0) is 42.0 Å². The van der Waals surface area contributed by atoms with Crippen LogP contribution in [0.3, 0.4) is 0 Å². The number of fused-ring (bicyclic) bond motifs is 1. The zero-order valence-electron chi connectivity index (χ0n) is 15.7. The van der Waals surface area contributed by atoms with Gasteiger partial charge in [-0.25, -0.2) is 4.98 Å². The van der Waals surface area contributed by atoms with Crippen LogP contribution in [0.5, 0.6) is 17.2 Å². The molecule has 0 fully saturated rings. The smallest absolute Gasteiger partial charge is 0.235 e. The summed E-state index contributed by atoms with van der Waals surface area (Å²) in [5, 5.41) is 13.5. The predicted octanol–water partition coefficient (Wildman–Crippen LogP) is 4.02. The summed E-state index contributed by atoms with van der Waals surface area (Å²) >= 11 is 7.49. The highest BCUT2D eigenvalue weighted by Crippen LogP contribution is 2.46. The van der Waals surface area contributed by atoms with Gasteiger partial charge in [0.15, 0.2) is 17.3 Å². The normalized spacial score (nSPS) is 16.0. The Hall–Kier alpha value is -2.84. The summed E-state index contributed by atoms with van der Waals surface area (Å²) < 4.78 is 12.5. The molecule has 2 N–H and O–H groups in total. The van der Waals surface area contributed by atoms with Crippen molar-refractivity contribution in [3.63, 3.8) is 0 Å². The second kappa shape index (κ2) is 7.88. The van der Waals surface area contributed by atoms with Crippen LogP contribution in [-0.2, 0) is 4.79 Å². The van der Waals surface area contributed by atoms with Crippen LogP contribution in [-0.4, -0.2) is 40.5 Å². The summed E-state index contributed by atoms with van der Waals surface area (Å²) in [6, 6.07) is 10.9. The zero-order valence-corrected chi connectivity index (χ0v) is 17.3. The minimum absolute atomic E-state index is 0.0713. The fourth-order valence-electron chi connectivity index (χ4n) is 3.24. The van der Waals surface area contributed by atoms with Gasteiger partial charge in [-0.3, -0.25) is 9.36 Å². The van der Waals surface area contributed by atoms with E-state index >= 15 is 0 Å². The Labute approximate surface area is 176 Å². The summed E-state index contributed by atoms with van der Waals surface area (Å²) in [5.41, 5.74) is 2.48. The quantitative estimate of drug-likeness (QED) is 0.648. The molecule has 7 nitrogen and oxygen atoms in total. The third kappa shape index (κ3) is 3.61. The number of nitrogens with zero attached hydrogens (tertiary/aromatic N) is 2.